The summed E-state index contributed by atoms with van der Waals surface area (Å²) in [5.41, 5.74) is 1.13. The third-order valence-corrected chi connectivity index (χ3v) is 2.46. The van der Waals surface area contributed by atoms with Crippen LogP contribution in [-0.4, -0.2) is 21.8 Å². The van der Waals surface area contributed by atoms with E-state index in [1.165, 1.54) is 19.1 Å². The minimum atomic E-state index is -0.258. The fourth-order valence-corrected chi connectivity index (χ4v) is 1.41. The molecule has 0 aromatic heterocycles. The lowest BCUT2D eigenvalue weighted by atomic mass is 10.1. The van der Waals surface area contributed by atoms with Crippen molar-refractivity contribution < 1.29 is 19.8 Å². The first kappa shape index (κ1) is 14.1. The molecule has 0 saturated carbocycles. The van der Waals surface area contributed by atoms with Gasteiger partial charge in [0.05, 0.1) is 6.61 Å². The van der Waals surface area contributed by atoms with Gasteiger partial charge < -0.3 is 15.0 Å². The van der Waals surface area contributed by atoms with E-state index >= 15 is 0 Å². The molecule has 4 nitrogen and oxygen atoms in total. The number of hydrogen-bond acceptors (Lipinski definition) is 4. The van der Waals surface area contributed by atoms with Crippen molar-refractivity contribution in [3.8, 4) is 5.75 Å². The second kappa shape index (κ2) is 6.71. The van der Waals surface area contributed by atoms with Gasteiger partial charge in [-0.25, -0.2) is 0 Å². The Labute approximate surface area is 106 Å². The van der Waals surface area contributed by atoms with E-state index in [1.54, 1.807) is 18.2 Å². The van der Waals surface area contributed by atoms with Gasteiger partial charge in [0.15, 0.2) is 5.78 Å². The summed E-state index contributed by atoms with van der Waals surface area (Å²) in [5.74, 6) is -0.106. The van der Waals surface area contributed by atoms with Crippen LogP contribution in [0.15, 0.2) is 24.3 Å². The average Bonchev–Trinajstić information content (AvgIpc) is 2.35. The molecule has 0 aliphatic rings. The highest BCUT2D eigenvalue weighted by Gasteiger charge is 2.02. The number of aliphatic hydroxyl groups excluding tert-OH is 1. The number of Topliss-reactive ketones (excluding diaryl/α,β-unsaturated/α-hetero) is 1. The van der Waals surface area contributed by atoms with E-state index in [4.69, 9.17) is 5.11 Å². The van der Waals surface area contributed by atoms with Crippen molar-refractivity contribution in [2.24, 2.45) is 0 Å². The molecule has 18 heavy (non-hydrogen) atoms. The summed E-state index contributed by atoms with van der Waals surface area (Å²) in [5, 5.41) is 18.3. The predicted molar refractivity (Wildman–Crippen MR) is 68.0 cm³/mol. The quantitative estimate of drug-likeness (QED) is 0.753. The van der Waals surface area contributed by atoms with Gasteiger partial charge >= 0.3 is 0 Å². The van der Waals surface area contributed by atoms with Crippen LogP contribution in [-0.2, 0) is 16.2 Å². The standard InChI is InChI=1S/C14H16O4/c1-10(16)2-5-13(17)6-3-11-4-7-14(18)12(8-11)9-15/h3-4,6-8,15,18H,2,5,9H2,1H3/b6-3+. The Morgan fingerprint density at radius 2 is 2.00 bits per heavy atom. The van der Waals surface area contributed by atoms with Crippen LogP contribution >= 0.6 is 0 Å². The van der Waals surface area contributed by atoms with E-state index in [0.29, 0.717) is 11.1 Å². The van der Waals surface area contributed by atoms with Crippen molar-refractivity contribution in [2.75, 3.05) is 0 Å². The van der Waals surface area contributed by atoms with Gasteiger partial charge in [0.25, 0.3) is 0 Å². The van der Waals surface area contributed by atoms with Crippen molar-refractivity contribution in [1.29, 1.82) is 0 Å². The molecule has 0 radical (unpaired) electrons. The first-order chi connectivity index (χ1) is 8.52. The summed E-state index contributed by atoms with van der Waals surface area (Å²) in [6, 6.07) is 4.71. The van der Waals surface area contributed by atoms with Gasteiger partial charge in [-0.15, -0.1) is 0 Å². The van der Waals surface area contributed by atoms with E-state index < -0.39 is 0 Å². The normalized spacial score (nSPS) is 10.8. The van der Waals surface area contributed by atoms with Crippen LogP contribution < -0.4 is 0 Å². The van der Waals surface area contributed by atoms with Gasteiger partial charge in [-0.3, -0.25) is 4.79 Å². The molecule has 0 bridgehead atoms. The molecular weight excluding hydrogens is 232 g/mol. The van der Waals surface area contributed by atoms with E-state index in [9.17, 15) is 14.7 Å². The average molecular weight is 248 g/mol. The van der Waals surface area contributed by atoms with Gasteiger partial charge in [-0.1, -0.05) is 12.1 Å². The lowest BCUT2D eigenvalue weighted by Crippen LogP contribution is -1.97. The lowest BCUT2D eigenvalue weighted by Gasteiger charge is -2.01. The minimum Gasteiger partial charge on any atom is -0.508 e. The molecule has 0 saturated heterocycles. The Bertz CT molecular complexity index is 475. The van der Waals surface area contributed by atoms with Crippen LogP contribution in [0, 0.1) is 0 Å². The van der Waals surface area contributed by atoms with Gasteiger partial charge in [-0.2, -0.15) is 0 Å². The van der Waals surface area contributed by atoms with Crippen molar-refractivity contribution in [2.45, 2.75) is 26.4 Å². The molecule has 2 N–H and O–H groups in total. The highest BCUT2D eigenvalue weighted by atomic mass is 16.3. The molecule has 96 valence electrons. The minimum absolute atomic E-state index is 0.0102. The first-order valence-corrected chi connectivity index (χ1v) is 5.66. The Balaban J connectivity index is 2.66. The van der Waals surface area contributed by atoms with Crippen LogP contribution in [0.1, 0.15) is 30.9 Å². The molecule has 0 spiro atoms. The number of allylic oxidation sites excluding steroid dienone is 1. The van der Waals surface area contributed by atoms with Crippen LogP contribution in [0.2, 0.25) is 0 Å². The molecule has 1 aromatic carbocycles. The van der Waals surface area contributed by atoms with Crippen molar-refractivity contribution in [1.82, 2.24) is 0 Å². The molecule has 0 atom stereocenters. The molecular formula is C14H16O4. The summed E-state index contributed by atoms with van der Waals surface area (Å²) >= 11 is 0. The number of ketones is 2. The van der Waals surface area contributed by atoms with Crippen LogP contribution in [0.4, 0.5) is 0 Å². The number of carbonyl (C=O) groups excluding carboxylic acids is 2. The molecule has 0 fully saturated rings. The number of rotatable bonds is 6. The Morgan fingerprint density at radius 3 is 2.61 bits per heavy atom. The first-order valence-electron chi connectivity index (χ1n) is 5.66. The zero-order valence-corrected chi connectivity index (χ0v) is 10.2. The van der Waals surface area contributed by atoms with Crippen LogP contribution in [0.25, 0.3) is 6.08 Å². The molecule has 0 aliphatic carbocycles. The molecule has 0 aliphatic heterocycles. The van der Waals surface area contributed by atoms with Crippen molar-refractivity contribution in [3.05, 3.63) is 35.4 Å². The molecule has 4 heteroatoms. The van der Waals surface area contributed by atoms with E-state index in [0.717, 1.165) is 0 Å². The maximum absolute atomic E-state index is 11.4. The molecule has 0 amide bonds. The highest BCUT2D eigenvalue weighted by molar-refractivity contribution is 5.95. The van der Waals surface area contributed by atoms with Crippen molar-refractivity contribution in [3.63, 3.8) is 0 Å². The van der Waals surface area contributed by atoms with Crippen LogP contribution in [0.3, 0.4) is 0 Å². The summed E-state index contributed by atoms with van der Waals surface area (Å²) in [6.07, 6.45) is 3.45. The largest absolute Gasteiger partial charge is 0.508 e. The smallest absolute Gasteiger partial charge is 0.156 e. The SMILES string of the molecule is CC(=O)CCC(=O)/C=C/c1ccc(O)c(CO)c1. The number of phenols is 1. The summed E-state index contributed by atoms with van der Waals surface area (Å²) in [6.45, 7) is 1.19. The zero-order valence-electron chi connectivity index (χ0n) is 10.2. The number of aliphatic hydroxyl groups is 1. The predicted octanol–water partition coefficient (Wildman–Crippen LogP) is 1.84. The van der Waals surface area contributed by atoms with Gasteiger partial charge in [0, 0.05) is 18.4 Å². The maximum atomic E-state index is 11.4. The molecule has 1 rings (SSSR count). The summed E-state index contributed by atoms with van der Waals surface area (Å²) < 4.78 is 0. The summed E-state index contributed by atoms with van der Waals surface area (Å²) in [4.78, 5) is 22.1. The van der Waals surface area contributed by atoms with E-state index in [-0.39, 0.29) is 36.8 Å². The van der Waals surface area contributed by atoms with E-state index in [1.807, 2.05) is 0 Å². The summed E-state index contributed by atoms with van der Waals surface area (Å²) in [7, 11) is 0. The number of carbonyl (C=O) groups is 2. The van der Waals surface area contributed by atoms with Gasteiger partial charge in [-0.05, 0) is 30.7 Å². The molecule has 0 heterocycles. The number of hydrogen-bond donors (Lipinski definition) is 2. The Morgan fingerprint density at radius 1 is 1.28 bits per heavy atom. The van der Waals surface area contributed by atoms with Crippen LogP contribution in [0.5, 0.6) is 5.75 Å². The second-order valence-electron chi connectivity index (χ2n) is 4.05. The zero-order chi connectivity index (χ0) is 13.5. The number of benzene rings is 1. The Kier molecular flexibility index (Phi) is 5.27. The second-order valence-corrected chi connectivity index (χ2v) is 4.05. The maximum Gasteiger partial charge on any atom is 0.156 e. The van der Waals surface area contributed by atoms with Gasteiger partial charge in [0.2, 0.25) is 0 Å². The fourth-order valence-electron chi connectivity index (χ4n) is 1.41. The molecule has 0 unspecified atom stereocenters. The highest BCUT2D eigenvalue weighted by Crippen LogP contribution is 2.19. The third-order valence-electron chi connectivity index (χ3n) is 2.46. The number of aromatic hydroxyl groups is 1. The van der Waals surface area contributed by atoms with Gasteiger partial charge in [0.1, 0.15) is 11.5 Å². The topological polar surface area (TPSA) is 74.6 Å². The Hall–Kier alpha value is -1.94. The molecule has 1 aromatic rings. The van der Waals surface area contributed by atoms with E-state index in [2.05, 4.69) is 0 Å². The van der Waals surface area contributed by atoms with Crippen molar-refractivity contribution >= 4 is 17.6 Å². The monoisotopic (exact) mass is 248 g/mol. The third kappa shape index (κ3) is 4.51. The lowest BCUT2D eigenvalue weighted by molar-refractivity contribution is -0.120. The fraction of sp³-hybridized carbons (Fsp3) is 0.286.